The number of hydrogen-bond donors (Lipinski definition) is 3. The zero-order chi connectivity index (χ0) is 14.7. The van der Waals surface area contributed by atoms with Crippen molar-refractivity contribution < 1.29 is 4.52 Å². The molecule has 3 aromatic heterocycles. The summed E-state index contributed by atoms with van der Waals surface area (Å²) < 4.78 is 6.37. The largest absolute Gasteiger partial charge is 0.347 e. The van der Waals surface area contributed by atoms with Gasteiger partial charge in [-0.15, -0.1) is 0 Å². The van der Waals surface area contributed by atoms with Crippen LogP contribution >= 0.6 is 0 Å². The van der Waals surface area contributed by atoms with Gasteiger partial charge < -0.3 is 9.84 Å². The van der Waals surface area contributed by atoms with Crippen LogP contribution in [0.15, 0.2) is 23.0 Å². The summed E-state index contributed by atoms with van der Waals surface area (Å²) in [7, 11) is 0. The molecule has 108 valence electrons. The summed E-state index contributed by atoms with van der Waals surface area (Å²) in [5.41, 5.74) is 2.38. The lowest BCUT2D eigenvalue weighted by molar-refractivity contribution is 0.388. The van der Waals surface area contributed by atoms with Crippen molar-refractivity contribution in [3.8, 4) is 5.95 Å². The van der Waals surface area contributed by atoms with Crippen LogP contribution in [0.3, 0.4) is 0 Å². The van der Waals surface area contributed by atoms with Gasteiger partial charge in [0.25, 0.3) is 5.95 Å². The first kappa shape index (κ1) is 12.9. The van der Waals surface area contributed by atoms with Gasteiger partial charge in [0, 0.05) is 19.3 Å². The van der Waals surface area contributed by atoms with Gasteiger partial charge in [-0.2, -0.15) is 25.0 Å². The predicted octanol–water partition coefficient (Wildman–Crippen LogP) is -0.354. The quantitative estimate of drug-likeness (QED) is 0.420. The van der Waals surface area contributed by atoms with Gasteiger partial charge in [0.15, 0.2) is 5.82 Å². The molecule has 0 bridgehead atoms. The Hall–Kier alpha value is -3.08. The Morgan fingerprint density at radius 2 is 2.10 bits per heavy atom. The van der Waals surface area contributed by atoms with E-state index < -0.39 is 0 Å². The zero-order valence-electron chi connectivity index (χ0n) is 11.1. The summed E-state index contributed by atoms with van der Waals surface area (Å²) in [6.07, 6.45) is 3.33. The average Bonchev–Trinajstić information content (AvgIpc) is 3.16. The highest BCUT2D eigenvalue weighted by atomic mass is 16.5. The van der Waals surface area contributed by atoms with Gasteiger partial charge in [-0.05, 0) is 6.07 Å². The van der Waals surface area contributed by atoms with E-state index in [1.54, 1.807) is 25.4 Å². The van der Waals surface area contributed by atoms with Crippen molar-refractivity contribution >= 4 is 11.9 Å². The summed E-state index contributed by atoms with van der Waals surface area (Å²) in [4.78, 5) is 16.5. The summed E-state index contributed by atoms with van der Waals surface area (Å²) >= 11 is 0. The van der Waals surface area contributed by atoms with E-state index in [0.717, 1.165) is 0 Å². The number of hydrogen-bond acceptors (Lipinski definition) is 10. The van der Waals surface area contributed by atoms with Crippen LogP contribution in [-0.2, 0) is 6.54 Å². The van der Waals surface area contributed by atoms with Crippen LogP contribution in [0.1, 0.15) is 11.7 Å². The van der Waals surface area contributed by atoms with Crippen molar-refractivity contribution in [3.05, 3.63) is 30.2 Å². The third-order valence-electron chi connectivity index (χ3n) is 2.44. The third kappa shape index (κ3) is 2.92. The second kappa shape index (κ2) is 5.50. The molecule has 0 aliphatic carbocycles. The van der Waals surface area contributed by atoms with Gasteiger partial charge in [0.2, 0.25) is 17.8 Å². The number of rotatable bonds is 5. The highest BCUT2D eigenvalue weighted by Crippen LogP contribution is 2.08. The first-order valence-electron chi connectivity index (χ1n) is 6.00. The SMILES string of the molecule is Cc1nc(CNc2nc(NN)nc(-n3cccn3)n2)no1. The Morgan fingerprint density at radius 3 is 2.76 bits per heavy atom. The standard InChI is InChI=1S/C10H12N10O/c1-6-14-7(19-21-6)5-12-8-15-9(18-11)17-10(16-8)20-4-2-3-13-20/h2-4H,5,11H2,1H3,(H2,12,15,16,17,18). The van der Waals surface area contributed by atoms with E-state index in [1.807, 2.05) is 0 Å². The number of nitrogens with zero attached hydrogens (tertiary/aromatic N) is 7. The maximum absolute atomic E-state index is 5.35. The molecule has 0 amide bonds. The molecule has 0 spiro atoms. The van der Waals surface area contributed by atoms with Crippen LogP contribution in [0, 0.1) is 6.92 Å². The highest BCUT2D eigenvalue weighted by Gasteiger charge is 2.09. The van der Waals surface area contributed by atoms with E-state index in [1.165, 1.54) is 4.68 Å². The van der Waals surface area contributed by atoms with E-state index in [4.69, 9.17) is 10.4 Å². The molecule has 0 saturated carbocycles. The fraction of sp³-hybridized carbons (Fsp3) is 0.200. The van der Waals surface area contributed by atoms with Crippen LogP contribution in [0.4, 0.5) is 11.9 Å². The minimum atomic E-state index is 0.210. The van der Waals surface area contributed by atoms with Crippen LogP contribution in [-0.4, -0.2) is 34.9 Å². The topological polar surface area (TPSA) is 145 Å². The molecule has 21 heavy (non-hydrogen) atoms. The third-order valence-corrected chi connectivity index (χ3v) is 2.44. The summed E-state index contributed by atoms with van der Waals surface area (Å²) in [5.74, 6) is 7.19. The Bertz CT molecular complexity index is 721. The molecule has 0 aliphatic rings. The van der Waals surface area contributed by atoms with E-state index in [9.17, 15) is 0 Å². The maximum Gasteiger partial charge on any atom is 0.257 e. The van der Waals surface area contributed by atoms with Crippen LogP contribution in [0.25, 0.3) is 5.95 Å². The number of aryl methyl sites for hydroxylation is 1. The predicted molar refractivity (Wildman–Crippen MR) is 71.1 cm³/mol. The van der Waals surface area contributed by atoms with E-state index in [2.05, 4.69) is 40.9 Å². The van der Waals surface area contributed by atoms with Gasteiger partial charge in [-0.1, -0.05) is 5.16 Å². The van der Waals surface area contributed by atoms with Gasteiger partial charge in [0.1, 0.15) is 0 Å². The highest BCUT2D eigenvalue weighted by molar-refractivity contribution is 5.36. The van der Waals surface area contributed by atoms with E-state index in [0.29, 0.717) is 30.2 Å². The molecule has 0 fully saturated rings. The van der Waals surface area contributed by atoms with Crippen molar-refractivity contribution in [2.75, 3.05) is 10.7 Å². The van der Waals surface area contributed by atoms with Crippen molar-refractivity contribution in [1.29, 1.82) is 0 Å². The van der Waals surface area contributed by atoms with Crippen LogP contribution < -0.4 is 16.6 Å². The lowest BCUT2D eigenvalue weighted by Crippen LogP contribution is -2.16. The Kier molecular flexibility index (Phi) is 3.39. The molecule has 3 rings (SSSR count). The lowest BCUT2D eigenvalue weighted by atomic mass is 10.6. The molecule has 3 heterocycles. The van der Waals surface area contributed by atoms with Crippen molar-refractivity contribution in [2.45, 2.75) is 13.5 Å². The fourth-order valence-corrected chi connectivity index (χ4v) is 1.57. The number of aromatic nitrogens is 7. The maximum atomic E-state index is 5.35. The van der Waals surface area contributed by atoms with Crippen molar-refractivity contribution in [3.63, 3.8) is 0 Å². The molecule has 0 aromatic carbocycles. The van der Waals surface area contributed by atoms with Crippen LogP contribution in [0.5, 0.6) is 0 Å². The molecule has 0 unspecified atom stereocenters. The summed E-state index contributed by atoms with van der Waals surface area (Å²) in [6, 6.07) is 1.76. The normalized spacial score (nSPS) is 10.6. The molecule has 0 saturated heterocycles. The van der Waals surface area contributed by atoms with E-state index in [-0.39, 0.29) is 5.95 Å². The van der Waals surface area contributed by atoms with Crippen LogP contribution in [0.2, 0.25) is 0 Å². The minimum Gasteiger partial charge on any atom is -0.347 e. The number of nitrogen functional groups attached to an aromatic ring is 1. The summed E-state index contributed by atoms with van der Waals surface area (Å²) in [6.45, 7) is 2.02. The molecule has 3 aromatic rings. The number of nitrogens with one attached hydrogen (secondary N) is 2. The monoisotopic (exact) mass is 288 g/mol. The van der Waals surface area contributed by atoms with E-state index >= 15 is 0 Å². The van der Waals surface area contributed by atoms with Crippen molar-refractivity contribution in [1.82, 2.24) is 34.9 Å². The molecule has 4 N–H and O–H groups in total. The molecular weight excluding hydrogens is 276 g/mol. The Balaban J connectivity index is 1.82. The molecule has 0 atom stereocenters. The first-order chi connectivity index (χ1) is 10.2. The Labute approximate surface area is 118 Å². The van der Waals surface area contributed by atoms with Gasteiger partial charge in [0.05, 0.1) is 6.54 Å². The smallest absolute Gasteiger partial charge is 0.257 e. The van der Waals surface area contributed by atoms with Gasteiger partial charge in [-0.3, -0.25) is 5.43 Å². The average molecular weight is 288 g/mol. The molecular formula is C10H12N10O. The second-order valence-corrected chi connectivity index (χ2v) is 3.96. The number of nitrogens with two attached hydrogens (primary N) is 1. The minimum absolute atomic E-state index is 0.210. The fourth-order valence-electron chi connectivity index (χ4n) is 1.57. The zero-order valence-corrected chi connectivity index (χ0v) is 11.1. The lowest BCUT2D eigenvalue weighted by Gasteiger charge is -2.07. The number of hydrazine groups is 1. The number of anilines is 2. The van der Waals surface area contributed by atoms with Crippen molar-refractivity contribution in [2.24, 2.45) is 5.84 Å². The molecule has 0 radical (unpaired) electrons. The first-order valence-corrected chi connectivity index (χ1v) is 6.00. The van der Waals surface area contributed by atoms with Gasteiger partial charge >= 0.3 is 0 Å². The molecule has 0 aliphatic heterocycles. The molecule has 11 nitrogen and oxygen atoms in total. The van der Waals surface area contributed by atoms with Gasteiger partial charge in [-0.25, -0.2) is 10.5 Å². The Morgan fingerprint density at radius 1 is 1.24 bits per heavy atom. The molecule has 11 heteroatoms. The second-order valence-electron chi connectivity index (χ2n) is 3.96. The summed E-state index contributed by atoms with van der Waals surface area (Å²) in [5, 5.41) is 10.8.